The van der Waals surface area contributed by atoms with Gasteiger partial charge in [0.15, 0.2) is 0 Å². The number of rotatable bonds is 5. The van der Waals surface area contributed by atoms with Crippen molar-refractivity contribution in [2.75, 3.05) is 5.75 Å². The molecule has 122 valence electrons. The zero-order valence-electron chi connectivity index (χ0n) is 12.3. The van der Waals surface area contributed by atoms with E-state index >= 15 is 0 Å². The molecule has 23 heavy (non-hydrogen) atoms. The summed E-state index contributed by atoms with van der Waals surface area (Å²) >= 11 is 0. The molecule has 0 fully saturated rings. The van der Waals surface area contributed by atoms with Crippen LogP contribution in [0.4, 0.5) is 0 Å². The van der Waals surface area contributed by atoms with Crippen LogP contribution in [0.3, 0.4) is 0 Å². The third kappa shape index (κ3) is 7.35. The highest BCUT2D eigenvalue weighted by Gasteiger charge is 2.09. The lowest BCUT2D eigenvalue weighted by atomic mass is 10.0. The minimum absolute atomic E-state index is 0.270. The standard InChI is InChI=1S/C13H11NO2.C3H6O3S/c15-13(16)12-9-14-7-6-11(12)8-10-4-2-1-3-5-10;1-2-3-7(4,5)6/h1-7,9H,8H2,(H,15,16);2H,1,3H2,(H,4,5,6). The Bertz CT molecular complexity index is 757. The van der Waals surface area contributed by atoms with Crippen molar-refractivity contribution in [3.63, 3.8) is 0 Å². The van der Waals surface area contributed by atoms with Gasteiger partial charge in [-0.25, -0.2) is 4.79 Å². The number of carboxylic acid groups (broad SMARTS) is 1. The van der Waals surface area contributed by atoms with Crippen molar-refractivity contribution in [1.29, 1.82) is 0 Å². The lowest BCUT2D eigenvalue weighted by Crippen LogP contribution is -2.03. The molecule has 0 atom stereocenters. The Morgan fingerprint density at radius 1 is 1.22 bits per heavy atom. The second-order valence-corrected chi connectivity index (χ2v) is 6.03. The van der Waals surface area contributed by atoms with Gasteiger partial charge in [-0.3, -0.25) is 9.54 Å². The number of carboxylic acids is 1. The Kier molecular flexibility index (Phi) is 7.11. The Hall–Kier alpha value is -2.51. The van der Waals surface area contributed by atoms with Crippen LogP contribution >= 0.6 is 0 Å². The fourth-order valence-electron chi connectivity index (χ4n) is 1.73. The quantitative estimate of drug-likeness (QED) is 0.642. The van der Waals surface area contributed by atoms with E-state index in [1.807, 2.05) is 30.3 Å². The third-order valence-electron chi connectivity index (χ3n) is 2.71. The molecule has 0 saturated carbocycles. The van der Waals surface area contributed by atoms with E-state index in [4.69, 9.17) is 9.66 Å². The molecular formula is C16H17NO5S. The maximum absolute atomic E-state index is 11.0. The Balaban J connectivity index is 0.000000322. The van der Waals surface area contributed by atoms with Crippen LogP contribution in [0.25, 0.3) is 0 Å². The van der Waals surface area contributed by atoms with Crippen molar-refractivity contribution in [3.05, 3.63) is 78.1 Å². The minimum Gasteiger partial charge on any atom is -0.478 e. The zero-order chi connectivity index (χ0) is 17.3. The molecule has 0 aliphatic heterocycles. The molecule has 0 amide bonds. The highest BCUT2D eigenvalue weighted by Crippen LogP contribution is 2.13. The molecule has 7 heteroatoms. The number of benzene rings is 1. The van der Waals surface area contributed by atoms with Crippen LogP contribution in [0.15, 0.2) is 61.4 Å². The first kappa shape index (κ1) is 18.5. The van der Waals surface area contributed by atoms with Gasteiger partial charge in [-0.2, -0.15) is 8.42 Å². The van der Waals surface area contributed by atoms with Crippen LogP contribution in [0.5, 0.6) is 0 Å². The second kappa shape index (κ2) is 8.82. The van der Waals surface area contributed by atoms with Gasteiger partial charge in [0, 0.05) is 12.4 Å². The molecular weight excluding hydrogens is 318 g/mol. The predicted molar refractivity (Wildman–Crippen MR) is 87.1 cm³/mol. The van der Waals surface area contributed by atoms with Gasteiger partial charge in [0.25, 0.3) is 10.1 Å². The maximum Gasteiger partial charge on any atom is 0.337 e. The molecule has 0 saturated heterocycles. The molecule has 1 aromatic heterocycles. The number of carbonyl (C=O) groups is 1. The predicted octanol–water partition coefficient (Wildman–Crippen LogP) is 2.43. The topological polar surface area (TPSA) is 105 Å². The first-order valence-corrected chi connectivity index (χ1v) is 8.20. The molecule has 0 aliphatic rings. The molecule has 0 bridgehead atoms. The second-order valence-electron chi connectivity index (χ2n) is 4.54. The first-order valence-electron chi connectivity index (χ1n) is 6.59. The lowest BCUT2D eigenvalue weighted by molar-refractivity contribution is 0.0695. The van der Waals surface area contributed by atoms with Gasteiger partial charge < -0.3 is 5.11 Å². The summed E-state index contributed by atoms with van der Waals surface area (Å²) in [6, 6.07) is 11.5. The summed E-state index contributed by atoms with van der Waals surface area (Å²) in [5, 5.41) is 9.00. The fourth-order valence-corrected chi connectivity index (χ4v) is 2.03. The van der Waals surface area contributed by atoms with Crippen molar-refractivity contribution in [1.82, 2.24) is 4.98 Å². The van der Waals surface area contributed by atoms with Crippen molar-refractivity contribution in [3.8, 4) is 0 Å². The number of hydrogen-bond donors (Lipinski definition) is 2. The number of aromatic carboxylic acids is 1. The number of aromatic nitrogens is 1. The normalized spacial score (nSPS) is 10.3. The Morgan fingerprint density at radius 2 is 1.87 bits per heavy atom. The first-order chi connectivity index (χ1) is 10.8. The van der Waals surface area contributed by atoms with E-state index in [-0.39, 0.29) is 11.3 Å². The number of nitrogens with zero attached hydrogens (tertiary/aromatic N) is 1. The van der Waals surface area contributed by atoms with Gasteiger partial charge in [-0.15, -0.1) is 6.58 Å². The van der Waals surface area contributed by atoms with Gasteiger partial charge in [0.05, 0.1) is 11.3 Å². The van der Waals surface area contributed by atoms with Gasteiger partial charge in [0.1, 0.15) is 0 Å². The lowest BCUT2D eigenvalue weighted by Gasteiger charge is -2.04. The van der Waals surface area contributed by atoms with Crippen molar-refractivity contribution >= 4 is 16.1 Å². The highest BCUT2D eigenvalue weighted by atomic mass is 32.2. The molecule has 2 aromatic rings. The van der Waals surface area contributed by atoms with E-state index in [9.17, 15) is 13.2 Å². The largest absolute Gasteiger partial charge is 0.478 e. The molecule has 0 spiro atoms. The molecule has 0 aliphatic carbocycles. The highest BCUT2D eigenvalue weighted by molar-refractivity contribution is 7.85. The average Bonchev–Trinajstić information content (AvgIpc) is 2.48. The van der Waals surface area contributed by atoms with Crippen LogP contribution in [-0.4, -0.2) is 34.8 Å². The average molecular weight is 335 g/mol. The van der Waals surface area contributed by atoms with E-state index < -0.39 is 16.1 Å². The van der Waals surface area contributed by atoms with Crippen molar-refractivity contribution in [2.24, 2.45) is 0 Å². The molecule has 2 rings (SSSR count). The van der Waals surface area contributed by atoms with E-state index in [0.29, 0.717) is 6.42 Å². The van der Waals surface area contributed by atoms with Crippen LogP contribution in [0.2, 0.25) is 0 Å². The minimum atomic E-state index is -3.79. The van der Waals surface area contributed by atoms with Gasteiger partial charge in [-0.05, 0) is 23.6 Å². The zero-order valence-corrected chi connectivity index (χ0v) is 13.1. The van der Waals surface area contributed by atoms with Gasteiger partial charge >= 0.3 is 5.97 Å². The summed E-state index contributed by atoms with van der Waals surface area (Å²) in [6.45, 7) is 3.11. The van der Waals surface area contributed by atoms with Crippen LogP contribution in [-0.2, 0) is 16.5 Å². The molecule has 1 aromatic carbocycles. The van der Waals surface area contributed by atoms with Crippen molar-refractivity contribution < 1.29 is 22.9 Å². The van der Waals surface area contributed by atoms with Crippen LogP contribution < -0.4 is 0 Å². The third-order valence-corrected chi connectivity index (χ3v) is 3.36. The van der Waals surface area contributed by atoms with E-state index in [0.717, 1.165) is 17.2 Å². The summed E-state index contributed by atoms with van der Waals surface area (Å²) in [6.07, 6.45) is 4.74. The summed E-state index contributed by atoms with van der Waals surface area (Å²) in [4.78, 5) is 14.8. The maximum atomic E-state index is 11.0. The monoisotopic (exact) mass is 335 g/mol. The summed E-state index contributed by atoms with van der Waals surface area (Å²) in [5.74, 6) is -1.30. The SMILES string of the molecule is C=CCS(=O)(=O)O.O=C(O)c1cnccc1Cc1ccccc1. The molecule has 1 heterocycles. The van der Waals surface area contributed by atoms with Crippen LogP contribution in [0.1, 0.15) is 21.5 Å². The molecule has 0 unspecified atom stereocenters. The number of pyridine rings is 1. The smallest absolute Gasteiger partial charge is 0.337 e. The summed E-state index contributed by atoms with van der Waals surface area (Å²) < 4.78 is 27.3. The van der Waals surface area contributed by atoms with E-state index in [2.05, 4.69) is 11.6 Å². The number of hydrogen-bond acceptors (Lipinski definition) is 4. The van der Waals surface area contributed by atoms with Crippen LogP contribution in [0, 0.1) is 0 Å². The molecule has 6 nitrogen and oxygen atoms in total. The fraction of sp³-hybridized carbons (Fsp3) is 0.125. The Labute approximate surface area is 134 Å². The molecule has 0 radical (unpaired) electrons. The van der Waals surface area contributed by atoms with Gasteiger partial charge in [0.2, 0.25) is 0 Å². The molecule has 2 N–H and O–H groups in total. The van der Waals surface area contributed by atoms with E-state index in [1.54, 1.807) is 12.3 Å². The van der Waals surface area contributed by atoms with Gasteiger partial charge in [-0.1, -0.05) is 36.4 Å². The van der Waals surface area contributed by atoms with Crippen molar-refractivity contribution in [2.45, 2.75) is 6.42 Å². The summed E-state index contributed by atoms with van der Waals surface area (Å²) in [5.41, 5.74) is 2.15. The Morgan fingerprint density at radius 3 is 2.35 bits per heavy atom. The van der Waals surface area contributed by atoms with E-state index in [1.165, 1.54) is 6.20 Å². The summed E-state index contributed by atoms with van der Waals surface area (Å²) in [7, 11) is -3.79.